The summed E-state index contributed by atoms with van der Waals surface area (Å²) in [6.07, 6.45) is 3.13. The summed E-state index contributed by atoms with van der Waals surface area (Å²) in [5.41, 5.74) is 1.19. The Morgan fingerprint density at radius 3 is 2.48 bits per heavy atom. The molecule has 2 aliphatic heterocycles. The van der Waals surface area contributed by atoms with E-state index in [0.717, 1.165) is 25.8 Å². The number of likely N-dealkylation sites (tertiary alicyclic amines) is 1. The zero-order valence-corrected chi connectivity index (χ0v) is 14.8. The lowest BCUT2D eigenvalue weighted by molar-refractivity contribution is -0.130. The van der Waals surface area contributed by atoms with Gasteiger partial charge in [-0.1, -0.05) is 0 Å². The van der Waals surface area contributed by atoms with Gasteiger partial charge in [-0.15, -0.1) is 0 Å². The number of sulfonamides is 1. The van der Waals surface area contributed by atoms with Crippen molar-refractivity contribution in [2.75, 3.05) is 19.6 Å². The molecule has 0 bridgehead atoms. The van der Waals surface area contributed by atoms with Crippen LogP contribution in [0.25, 0.3) is 0 Å². The standard InChI is InChI=1S/C15H24N4O3S/c1-11-15(12(2)17(3)16-11)23(21,22)18-8-4-6-13(10-18)19-9-5-7-14(19)20/h13H,4-10H2,1-3H3. The van der Waals surface area contributed by atoms with E-state index in [1.807, 2.05) is 4.90 Å². The Morgan fingerprint density at radius 2 is 1.91 bits per heavy atom. The van der Waals surface area contributed by atoms with E-state index in [0.29, 0.717) is 35.8 Å². The molecule has 8 heteroatoms. The number of aromatic nitrogens is 2. The SMILES string of the molecule is Cc1nn(C)c(C)c1S(=O)(=O)N1CCCC(N2CCCC2=O)C1. The summed E-state index contributed by atoms with van der Waals surface area (Å²) in [5, 5.41) is 4.23. The van der Waals surface area contributed by atoms with Crippen molar-refractivity contribution in [2.24, 2.45) is 7.05 Å². The van der Waals surface area contributed by atoms with Crippen molar-refractivity contribution < 1.29 is 13.2 Å². The quantitative estimate of drug-likeness (QED) is 0.816. The fourth-order valence-electron chi connectivity index (χ4n) is 3.71. The van der Waals surface area contributed by atoms with Gasteiger partial charge >= 0.3 is 0 Å². The summed E-state index contributed by atoms with van der Waals surface area (Å²) in [6, 6.07) is 0.00538. The zero-order valence-electron chi connectivity index (χ0n) is 13.9. The minimum Gasteiger partial charge on any atom is -0.338 e. The normalized spacial score (nSPS) is 23.7. The van der Waals surface area contributed by atoms with Crippen molar-refractivity contribution in [3.8, 4) is 0 Å². The van der Waals surface area contributed by atoms with E-state index in [2.05, 4.69) is 5.10 Å². The van der Waals surface area contributed by atoms with Crippen molar-refractivity contribution in [3.63, 3.8) is 0 Å². The number of carbonyl (C=O) groups is 1. The highest BCUT2D eigenvalue weighted by Gasteiger charge is 2.37. The molecule has 1 aromatic rings. The third-order valence-corrected chi connectivity index (χ3v) is 7.07. The van der Waals surface area contributed by atoms with E-state index in [9.17, 15) is 13.2 Å². The molecule has 1 atom stereocenters. The molecule has 3 heterocycles. The Bertz CT molecular complexity index is 725. The molecule has 0 N–H and O–H groups in total. The maximum absolute atomic E-state index is 13.1. The number of hydrogen-bond donors (Lipinski definition) is 0. The molecule has 0 aliphatic carbocycles. The van der Waals surface area contributed by atoms with Crippen LogP contribution in [0.1, 0.15) is 37.1 Å². The van der Waals surface area contributed by atoms with Gasteiger partial charge in [0.2, 0.25) is 15.9 Å². The first-order valence-corrected chi connectivity index (χ1v) is 9.56. The largest absolute Gasteiger partial charge is 0.338 e. The minimum atomic E-state index is -3.57. The maximum Gasteiger partial charge on any atom is 0.246 e. The van der Waals surface area contributed by atoms with E-state index in [-0.39, 0.29) is 11.9 Å². The Morgan fingerprint density at radius 1 is 1.17 bits per heavy atom. The van der Waals surface area contributed by atoms with Crippen molar-refractivity contribution in [1.29, 1.82) is 0 Å². The Hall–Kier alpha value is -1.41. The van der Waals surface area contributed by atoms with Gasteiger partial charge in [0.25, 0.3) is 0 Å². The highest BCUT2D eigenvalue weighted by atomic mass is 32.2. The molecule has 23 heavy (non-hydrogen) atoms. The summed E-state index contributed by atoms with van der Waals surface area (Å²) in [5.74, 6) is 0.156. The molecule has 7 nitrogen and oxygen atoms in total. The summed E-state index contributed by atoms with van der Waals surface area (Å²) in [4.78, 5) is 14.1. The number of hydrogen-bond acceptors (Lipinski definition) is 4. The number of rotatable bonds is 3. The summed E-state index contributed by atoms with van der Waals surface area (Å²) in [7, 11) is -1.82. The lowest BCUT2D eigenvalue weighted by Gasteiger charge is -2.36. The zero-order chi connectivity index (χ0) is 16.8. The van der Waals surface area contributed by atoms with Crippen LogP contribution in [0.15, 0.2) is 4.90 Å². The van der Waals surface area contributed by atoms with Crippen molar-refractivity contribution in [2.45, 2.75) is 50.5 Å². The number of aryl methyl sites for hydroxylation is 2. The maximum atomic E-state index is 13.1. The van der Waals surface area contributed by atoms with Crippen LogP contribution in [0.5, 0.6) is 0 Å². The lowest BCUT2D eigenvalue weighted by atomic mass is 10.1. The lowest BCUT2D eigenvalue weighted by Crippen LogP contribution is -2.50. The van der Waals surface area contributed by atoms with Crippen LogP contribution in [-0.2, 0) is 21.9 Å². The third kappa shape index (κ3) is 2.78. The van der Waals surface area contributed by atoms with Gasteiger partial charge in [-0.25, -0.2) is 8.42 Å². The second-order valence-corrected chi connectivity index (χ2v) is 8.35. The monoisotopic (exact) mass is 340 g/mol. The summed E-state index contributed by atoms with van der Waals surface area (Å²) >= 11 is 0. The molecule has 1 amide bonds. The Kier molecular flexibility index (Phi) is 4.22. The molecule has 128 valence electrons. The van der Waals surface area contributed by atoms with Gasteiger partial charge in [-0.2, -0.15) is 9.40 Å². The van der Waals surface area contributed by atoms with E-state index < -0.39 is 10.0 Å². The Labute approximate surface area is 137 Å². The molecule has 0 spiro atoms. The van der Waals surface area contributed by atoms with Crippen LogP contribution in [0.4, 0.5) is 0 Å². The first-order chi connectivity index (χ1) is 10.8. The average Bonchev–Trinajstić information content (AvgIpc) is 3.03. The van der Waals surface area contributed by atoms with E-state index in [1.54, 1.807) is 25.6 Å². The van der Waals surface area contributed by atoms with Crippen molar-refractivity contribution in [1.82, 2.24) is 19.0 Å². The molecular weight excluding hydrogens is 316 g/mol. The number of piperidine rings is 1. The summed E-state index contributed by atoms with van der Waals surface area (Å²) in [6.45, 7) is 5.16. The van der Waals surface area contributed by atoms with E-state index >= 15 is 0 Å². The Balaban J connectivity index is 1.86. The molecule has 3 rings (SSSR count). The molecule has 2 aliphatic rings. The molecule has 0 saturated carbocycles. The highest BCUT2D eigenvalue weighted by Crippen LogP contribution is 2.28. The molecule has 2 saturated heterocycles. The topological polar surface area (TPSA) is 75.5 Å². The van der Waals surface area contributed by atoms with Gasteiger partial charge in [0.1, 0.15) is 4.90 Å². The first kappa shape index (κ1) is 16.4. The van der Waals surface area contributed by atoms with Gasteiger partial charge in [0.05, 0.1) is 11.4 Å². The molecule has 1 aromatic heterocycles. The van der Waals surface area contributed by atoms with E-state index in [1.165, 1.54) is 4.31 Å². The second-order valence-electron chi connectivity index (χ2n) is 6.47. The molecule has 2 fully saturated rings. The number of carbonyl (C=O) groups excluding carboxylic acids is 1. The van der Waals surface area contributed by atoms with Crippen LogP contribution in [0, 0.1) is 13.8 Å². The van der Waals surface area contributed by atoms with Gasteiger partial charge in [0.15, 0.2) is 0 Å². The predicted octanol–water partition coefficient (Wildman–Crippen LogP) is 0.812. The molecule has 1 unspecified atom stereocenters. The highest BCUT2D eigenvalue weighted by molar-refractivity contribution is 7.89. The average molecular weight is 340 g/mol. The van der Waals surface area contributed by atoms with Gasteiger partial charge in [-0.3, -0.25) is 9.48 Å². The molecule has 0 radical (unpaired) electrons. The van der Waals surface area contributed by atoms with E-state index in [4.69, 9.17) is 0 Å². The minimum absolute atomic E-state index is 0.00538. The van der Waals surface area contributed by atoms with Crippen LogP contribution < -0.4 is 0 Å². The second kappa shape index (κ2) is 5.90. The van der Waals surface area contributed by atoms with Crippen molar-refractivity contribution in [3.05, 3.63) is 11.4 Å². The number of nitrogens with zero attached hydrogens (tertiary/aromatic N) is 4. The summed E-state index contributed by atoms with van der Waals surface area (Å²) < 4.78 is 29.2. The van der Waals surface area contributed by atoms with Gasteiger partial charge in [0, 0.05) is 39.1 Å². The van der Waals surface area contributed by atoms with Gasteiger partial charge < -0.3 is 4.90 Å². The third-order valence-electron chi connectivity index (χ3n) is 4.95. The molecule has 0 aromatic carbocycles. The van der Waals surface area contributed by atoms with Crippen LogP contribution in [-0.4, -0.2) is 59.0 Å². The van der Waals surface area contributed by atoms with Gasteiger partial charge in [-0.05, 0) is 33.1 Å². The smallest absolute Gasteiger partial charge is 0.246 e. The van der Waals surface area contributed by atoms with Crippen LogP contribution >= 0.6 is 0 Å². The van der Waals surface area contributed by atoms with Crippen LogP contribution in [0.2, 0.25) is 0 Å². The first-order valence-electron chi connectivity index (χ1n) is 8.12. The van der Waals surface area contributed by atoms with Crippen LogP contribution in [0.3, 0.4) is 0 Å². The fourth-order valence-corrected chi connectivity index (χ4v) is 5.62. The predicted molar refractivity (Wildman–Crippen MR) is 85.4 cm³/mol. The molecular formula is C15H24N4O3S. The number of amides is 1. The fraction of sp³-hybridized carbons (Fsp3) is 0.733. The van der Waals surface area contributed by atoms with Crippen molar-refractivity contribution >= 4 is 15.9 Å².